The molecule has 0 bridgehead atoms. The van der Waals surface area contributed by atoms with Crippen molar-refractivity contribution in [3.8, 4) is 0 Å². The molecule has 0 spiro atoms. The Morgan fingerprint density at radius 3 is 2.69 bits per heavy atom. The zero-order chi connectivity index (χ0) is 12.0. The lowest BCUT2D eigenvalue weighted by Crippen LogP contribution is -2.47. The highest BCUT2D eigenvalue weighted by Gasteiger charge is 2.35. The van der Waals surface area contributed by atoms with Gasteiger partial charge >= 0.3 is 11.9 Å². The Morgan fingerprint density at radius 1 is 1.44 bits per heavy atom. The molecular formula is C11H19NO4. The molecular weight excluding hydrogens is 210 g/mol. The molecule has 1 saturated carbocycles. The summed E-state index contributed by atoms with van der Waals surface area (Å²) in [5.74, 6) is -1.16. The molecule has 0 amide bonds. The summed E-state index contributed by atoms with van der Waals surface area (Å²) in [4.78, 5) is 21.7. The largest absolute Gasteiger partial charge is 0.481 e. The average Bonchev–Trinajstić information content (AvgIpc) is 2.15. The van der Waals surface area contributed by atoms with E-state index < -0.39 is 5.97 Å². The fourth-order valence-electron chi connectivity index (χ4n) is 1.79. The average molecular weight is 229 g/mol. The molecule has 5 nitrogen and oxygen atoms in total. The SMILES string of the molecule is CCOC(=O)CCCNC1CCC1C(=O)O. The molecule has 1 aliphatic rings. The van der Waals surface area contributed by atoms with Crippen LogP contribution in [-0.2, 0) is 14.3 Å². The van der Waals surface area contributed by atoms with Gasteiger partial charge in [0, 0.05) is 12.5 Å². The van der Waals surface area contributed by atoms with Crippen molar-refractivity contribution in [2.75, 3.05) is 13.2 Å². The maximum Gasteiger partial charge on any atom is 0.308 e. The van der Waals surface area contributed by atoms with Crippen molar-refractivity contribution in [1.82, 2.24) is 5.32 Å². The van der Waals surface area contributed by atoms with E-state index in [2.05, 4.69) is 5.32 Å². The summed E-state index contributed by atoms with van der Waals surface area (Å²) in [6.07, 6.45) is 2.76. The Kier molecular flexibility index (Phi) is 5.25. The van der Waals surface area contributed by atoms with Gasteiger partial charge in [-0.25, -0.2) is 0 Å². The molecule has 2 atom stereocenters. The molecule has 0 heterocycles. The Bertz CT molecular complexity index is 254. The second kappa shape index (κ2) is 6.48. The number of aliphatic carboxylic acids is 1. The van der Waals surface area contributed by atoms with E-state index in [1.165, 1.54) is 0 Å². The van der Waals surface area contributed by atoms with Gasteiger partial charge in [0.1, 0.15) is 0 Å². The number of hydrogen-bond donors (Lipinski definition) is 2. The smallest absolute Gasteiger partial charge is 0.308 e. The predicted octanol–water partition coefficient (Wildman–Crippen LogP) is 0.782. The summed E-state index contributed by atoms with van der Waals surface area (Å²) in [6, 6.07) is 0.0831. The van der Waals surface area contributed by atoms with Gasteiger partial charge in [0.15, 0.2) is 0 Å². The number of carboxylic acids is 1. The van der Waals surface area contributed by atoms with Gasteiger partial charge in [0.05, 0.1) is 12.5 Å². The predicted molar refractivity (Wildman–Crippen MR) is 58.0 cm³/mol. The zero-order valence-corrected chi connectivity index (χ0v) is 9.57. The Hall–Kier alpha value is -1.10. The van der Waals surface area contributed by atoms with Crippen LogP contribution in [0.5, 0.6) is 0 Å². The number of hydrogen-bond acceptors (Lipinski definition) is 4. The number of carboxylic acid groups (broad SMARTS) is 1. The number of ether oxygens (including phenoxy) is 1. The van der Waals surface area contributed by atoms with Gasteiger partial charge in [-0.05, 0) is 32.7 Å². The van der Waals surface area contributed by atoms with E-state index in [1.54, 1.807) is 6.92 Å². The minimum absolute atomic E-state index is 0.0831. The highest BCUT2D eigenvalue weighted by Crippen LogP contribution is 2.27. The Balaban J connectivity index is 2.03. The summed E-state index contributed by atoms with van der Waals surface area (Å²) in [5.41, 5.74) is 0. The minimum Gasteiger partial charge on any atom is -0.481 e. The normalized spacial score (nSPS) is 23.6. The maximum atomic E-state index is 11.0. The molecule has 2 unspecified atom stereocenters. The first kappa shape index (κ1) is 13.0. The molecule has 1 rings (SSSR count). The first-order chi connectivity index (χ1) is 7.65. The molecule has 0 aromatic heterocycles. The van der Waals surface area contributed by atoms with Crippen molar-refractivity contribution in [1.29, 1.82) is 0 Å². The van der Waals surface area contributed by atoms with Crippen molar-refractivity contribution >= 4 is 11.9 Å². The minimum atomic E-state index is -0.728. The summed E-state index contributed by atoms with van der Waals surface area (Å²) in [7, 11) is 0. The van der Waals surface area contributed by atoms with Crippen LogP contribution in [0.3, 0.4) is 0 Å². The van der Waals surface area contributed by atoms with Gasteiger partial charge in [0.2, 0.25) is 0 Å². The molecule has 0 saturated heterocycles. The summed E-state index contributed by atoms with van der Waals surface area (Å²) < 4.78 is 4.79. The Morgan fingerprint density at radius 2 is 2.19 bits per heavy atom. The lowest BCUT2D eigenvalue weighted by atomic mass is 9.79. The fourth-order valence-corrected chi connectivity index (χ4v) is 1.79. The molecule has 1 fully saturated rings. The lowest BCUT2D eigenvalue weighted by molar-refractivity contribution is -0.146. The number of carbonyl (C=O) groups is 2. The van der Waals surface area contributed by atoms with E-state index in [9.17, 15) is 9.59 Å². The van der Waals surface area contributed by atoms with Gasteiger partial charge in [-0.1, -0.05) is 0 Å². The second-order valence-electron chi connectivity index (χ2n) is 3.99. The van der Waals surface area contributed by atoms with E-state index in [0.717, 1.165) is 12.8 Å². The van der Waals surface area contributed by atoms with Crippen LogP contribution in [0.15, 0.2) is 0 Å². The van der Waals surface area contributed by atoms with Crippen molar-refractivity contribution < 1.29 is 19.4 Å². The number of rotatable bonds is 7. The standard InChI is InChI=1S/C11H19NO4/c1-2-16-10(13)4-3-7-12-9-6-5-8(9)11(14)15/h8-9,12H,2-7H2,1H3,(H,14,15). The van der Waals surface area contributed by atoms with Crippen molar-refractivity contribution in [2.45, 2.75) is 38.6 Å². The summed E-state index contributed by atoms with van der Waals surface area (Å²) in [5, 5.41) is 12.0. The zero-order valence-electron chi connectivity index (χ0n) is 9.57. The molecule has 0 aliphatic heterocycles. The molecule has 1 aliphatic carbocycles. The number of carbonyl (C=O) groups excluding carboxylic acids is 1. The van der Waals surface area contributed by atoms with Crippen LogP contribution in [-0.4, -0.2) is 36.2 Å². The molecule has 0 aromatic rings. The highest BCUT2D eigenvalue weighted by molar-refractivity contribution is 5.72. The first-order valence-electron chi connectivity index (χ1n) is 5.77. The monoisotopic (exact) mass is 229 g/mol. The molecule has 92 valence electrons. The van der Waals surface area contributed by atoms with Crippen LogP contribution >= 0.6 is 0 Å². The van der Waals surface area contributed by atoms with E-state index >= 15 is 0 Å². The molecule has 0 aromatic carbocycles. The van der Waals surface area contributed by atoms with E-state index in [4.69, 9.17) is 9.84 Å². The van der Waals surface area contributed by atoms with Crippen molar-refractivity contribution in [3.63, 3.8) is 0 Å². The van der Waals surface area contributed by atoms with Crippen molar-refractivity contribution in [3.05, 3.63) is 0 Å². The Labute approximate surface area is 95.2 Å². The van der Waals surface area contributed by atoms with Crippen LogP contribution in [0.2, 0.25) is 0 Å². The fraction of sp³-hybridized carbons (Fsp3) is 0.818. The summed E-state index contributed by atoms with van der Waals surface area (Å²) in [6.45, 7) is 2.87. The number of nitrogens with one attached hydrogen (secondary N) is 1. The van der Waals surface area contributed by atoms with Crippen LogP contribution in [0.4, 0.5) is 0 Å². The summed E-state index contributed by atoms with van der Waals surface area (Å²) >= 11 is 0. The van der Waals surface area contributed by atoms with Gasteiger partial charge in [-0.15, -0.1) is 0 Å². The van der Waals surface area contributed by atoms with Crippen LogP contribution < -0.4 is 5.32 Å². The van der Waals surface area contributed by atoms with Crippen LogP contribution in [0, 0.1) is 5.92 Å². The van der Waals surface area contributed by atoms with Crippen LogP contribution in [0.25, 0.3) is 0 Å². The van der Waals surface area contributed by atoms with Gasteiger partial charge in [-0.2, -0.15) is 0 Å². The van der Waals surface area contributed by atoms with E-state index in [-0.39, 0.29) is 17.9 Å². The quantitative estimate of drug-likeness (QED) is 0.498. The first-order valence-corrected chi connectivity index (χ1v) is 5.77. The van der Waals surface area contributed by atoms with E-state index in [1.807, 2.05) is 0 Å². The highest BCUT2D eigenvalue weighted by atomic mass is 16.5. The molecule has 16 heavy (non-hydrogen) atoms. The number of esters is 1. The third-order valence-corrected chi connectivity index (χ3v) is 2.86. The lowest BCUT2D eigenvalue weighted by Gasteiger charge is -2.34. The van der Waals surface area contributed by atoms with Gasteiger partial charge < -0.3 is 15.2 Å². The molecule has 5 heteroatoms. The van der Waals surface area contributed by atoms with Gasteiger partial charge in [-0.3, -0.25) is 9.59 Å². The molecule has 0 radical (unpaired) electrons. The maximum absolute atomic E-state index is 11.0. The van der Waals surface area contributed by atoms with Crippen LogP contribution in [0.1, 0.15) is 32.6 Å². The molecule has 2 N–H and O–H groups in total. The third kappa shape index (κ3) is 3.81. The van der Waals surface area contributed by atoms with E-state index in [0.29, 0.717) is 26.0 Å². The second-order valence-corrected chi connectivity index (χ2v) is 3.99. The van der Waals surface area contributed by atoms with Crippen molar-refractivity contribution in [2.24, 2.45) is 5.92 Å². The topological polar surface area (TPSA) is 75.6 Å². The van der Waals surface area contributed by atoms with Gasteiger partial charge in [0.25, 0.3) is 0 Å². The third-order valence-electron chi connectivity index (χ3n) is 2.86.